The number of amides is 1. The average molecular weight is 562 g/mol. The molecule has 1 amide bonds. The molecule has 0 unspecified atom stereocenters. The molecule has 2 fully saturated rings. The summed E-state index contributed by atoms with van der Waals surface area (Å²) in [6, 6.07) is 10.7. The number of piperidine rings is 1. The van der Waals surface area contributed by atoms with E-state index in [4.69, 9.17) is 0 Å². The number of Topliss-reactive ketones (excluding diaryl/α,β-unsaturated/α-hetero) is 1. The van der Waals surface area contributed by atoms with Gasteiger partial charge in [0.15, 0.2) is 5.78 Å². The Morgan fingerprint density at radius 3 is 2.27 bits per heavy atom. The topological polar surface area (TPSA) is 43.9 Å². The van der Waals surface area contributed by atoms with Crippen LogP contribution in [0.5, 0.6) is 0 Å². The first-order valence-corrected chi connectivity index (χ1v) is 14.1. The van der Waals surface area contributed by atoms with E-state index in [1.807, 2.05) is 19.0 Å². The van der Waals surface area contributed by atoms with E-state index in [0.717, 1.165) is 19.4 Å². The Morgan fingerprint density at radius 1 is 0.975 bits per heavy atom. The van der Waals surface area contributed by atoms with Gasteiger partial charge in [-0.05, 0) is 77.0 Å². The summed E-state index contributed by atoms with van der Waals surface area (Å²) < 4.78 is 60.1. The summed E-state index contributed by atoms with van der Waals surface area (Å²) in [6.45, 7) is 2.95. The fourth-order valence-corrected chi connectivity index (χ4v) is 6.43. The number of rotatable bonds is 9. The highest BCUT2D eigenvalue weighted by Gasteiger charge is 2.60. The summed E-state index contributed by atoms with van der Waals surface area (Å²) in [5.74, 6) is -5.14. The molecule has 0 bridgehead atoms. The highest BCUT2D eigenvalue weighted by atomic mass is 19.4. The first kappa shape index (κ1) is 30.2. The molecule has 0 radical (unpaired) electrons. The summed E-state index contributed by atoms with van der Waals surface area (Å²) in [5.41, 5.74) is 0.850. The van der Waals surface area contributed by atoms with E-state index in [0.29, 0.717) is 37.1 Å². The largest absolute Gasteiger partial charge is 0.404 e. The molecule has 5 nitrogen and oxygen atoms in total. The normalized spacial score (nSPS) is 24.1. The zero-order valence-electron chi connectivity index (χ0n) is 23.5. The lowest BCUT2D eigenvalue weighted by Gasteiger charge is -2.50. The second-order valence-corrected chi connectivity index (χ2v) is 11.4. The standard InChI is InChI=1S/C31H39F4N3O2/c1-21-23(14-11-15-25(21)32)26-24(28(39)22-12-5-4-6-13-22)20-38(19-8-7-16-36(2)3)29(31(33,34)35)27(26)30(40)37-17-9-10-18-37/h4-6,11-15,24,26-27,29H,7-10,16-20H2,1-3H3/t24-,26+,27-,29+/m1/s1. The molecule has 2 heterocycles. The van der Waals surface area contributed by atoms with E-state index in [2.05, 4.69) is 0 Å². The van der Waals surface area contributed by atoms with Gasteiger partial charge < -0.3 is 9.80 Å². The summed E-state index contributed by atoms with van der Waals surface area (Å²) in [4.78, 5) is 32.9. The van der Waals surface area contributed by atoms with Crippen molar-refractivity contribution in [1.82, 2.24) is 14.7 Å². The van der Waals surface area contributed by atoms with E-state index < -0.39 is 41.7 Å². The molecule has 9 heteroatoms. The number of carbonyl (C=O) groups excluding carboxylic acids is 2. The number of likely N-dealkylation sites (tertiary alicyclic amines) is 2. The van der Waals surface area contributed by atoms with Crippen LogP contribution in [0.1, 0.15) is 53.1 Å². The van der Waals surface area contributed by atoms with Gasteiger partial charge in [-0.2, -0.15) is 13.2 Å². The lowest BCUT2D eigenvalue weighted by atomic mass is 9.66. The third-order valence-corrected chi connectivity index (χ3v) is 8.39. The maximum Gasteiger partial charge on any atom is 0.404 e. The van der Waals surface area contributed by atoms with Crippen LogP contribution in [0.3, 0.4) is 0 Å². The van der Waals surface area contributed by atoms with Crippen molar-refractivity contribution < 1.29 is 27.2 Å². The van der Waals surface area contributed by atoms with Crippen LogP contribution in [-0.4, -0.2) is 85.4 Å². The number of hydrogen-bond acceptors (Lipinski definition) is 4. The van der Waals surface area contributed by atoms with Gasteiger partial charge in [0.1, 0.15) is 11.9 Å². The molecule has 218 valence electrons. The molecule has 2 aliphatic heterocycles. The molecule has 4 atom stereocenters. The third kappa shape index (κ3) is 6.57. The highest BCUT2D eigenvalue weighted by molar-refractivity contribution is 5.99. The first-order chi connectivity index (χ1) is 19.0. The molecule has 0 saturated carbocycles. The van der Waals surface area contributed by atoms with Crippen LogP contribution in [0.15, 0.2) is 48.5 Å². The minimum absolute atomic E-state index is 0.106. The number of nitrogens with zero attached hydrogens (tertiary/aromatic N) is 3. The molecular formula is C31H39F4N3O2. The minimum Gasteiger partial charge on any atom is -0.342 e. The number of alkyl halides is 3. The van der Waals surface area contributed by atoms with Crippen molar-refractivity contribution in [2.24, 2.45) is 11.8 Å². The fraction of sp³-hybridized carbons (Fsp3) is 0.548. The lowest BCUT2D eigenvalue weighted by Crippen LogP contribution is -2.63. The van der Waals surface area contributed by atoms with E-state index in [9.17, 15) is 14.0 Å². The van der Waals surface area contributed by atoms with Crippen molar-refractivity contribution >= 4 is 11.7 Å². The van der Waals surface area contributed by atoms with Gasteiger partial charge in [-0.3, -0.25) is 14.5 Å². The molecule has 2 aromatic rings. The molecule has 2 saturated heterocycles. The van der Waals surface area contributed by atoms with Crippen LogP contribution in [0.2, 0.25) is 0 Å². The monoisotopic (exact) mass is 561 g/mol. The van der Waals surface area contributed by atoms with Crippen LogP contribution in [-0.2, 0) is 4.79 Å². The van der Waals surface area contributed by atoms with Crippen LogP contribution >= 0.6 is 0 Å². The Kier molecular flexibility index (Phi) is 9.67. The number of benzene rings is 2. The molecular weight excluding hydrogens is 522 g/mol. The molecule has 0 aliphatic carbocycles. The average Bonchev–Trinajstić information content (AvgIpc) is 3.46. The van der Waals surface area contributed by atoms with Gasteiger partial charge in [-0.25, -0.2) is 4.39 Å². The van der Waals surface area contributed by atoms with E-state index in [1.165, 1.54) is 28.9 Å². The number of carbonyl (C=O) groups is 2. The zero-order chi connectivity index (χ0) is 29.0. The number of halogens is 4. The summed E-state index contributed by atoms with van der Waals surface area (Å²) in [5, 5.41) is 0. The Morgan fingerprint density at radius 2 is 1.65 bits per heavy atom. The van der Waals surface area contributed by atoms with Gasteiger partial charge in [0.25, 0.3) is 0 Å². The quantitative estimate of drug-likeness (QED) is 0.229. The van der Waals surface area contributed by atoms with Crippen molar-refractivity contribution in [3.8, 4) is 0 Å². The van der Waals surface area contributed by atoms with Crippen LogP contribution in [0.25, 0.3) is 0 Å². The van der Waals surface area contributed by atoms with Gasteiger partial charge in [0.2, 0.25) is 5.91 Å². The SMILES string of the molecule is Cc1c(F)cccc1[C@@H]1[C@@H](C(=O)N2CCCC2)[C@@H](C(F)(F)F)N(CCCCN(C)C)C[C@H]1C(=O)c1ccccc1. The Labute approximate surface area is 234 Å². The molecule has 0 spiro atoms. The maximum absolute atomic E-state index is 15.1. The van der Waals surface area contributed by atoms with Crippen molar-refractivity contribution in [3.63, 3.8) is 0 Å². The minimum atomic E-state index is -4.72. The number of hydrogen-bond donors (Lipinski definition) is 0. The van der Waals surface area contributed by atoms with Crippen molar-refractivity contribution in [3.05, 3.63) is 71.0 Å². The van der Waals surface area contributed by atoms with Crippen molar-refractivity contribution in [2.75, 3.05) is 46.8 Å². The van der Waals surface area contributed by atoms with Crippen LogP contribution < -0.4 is 0 Å². The maximum atomic E-state index is 15.1. The highest BCUT2D eigenvalue weighted by Crippen LogP contribution is 2.49. The summed E-state index contributed by atoms with van der Waals surface area (Å²) in [7, 11) is 3.81. The molecule has 4 rings (SSSR count). The van der Waals surface area contributed by atoms with Gasteiger partial charge in [0.05, 0.1) is 5.92 Å². The van der Waals surface area contributed by atoms with Gasteiger partial charge >= 0.3 is 6.18 Å². The van der Waals surface area contributed by atoms with Crippen molar-refractivity contribution in [2.45, 2.75) is 50.7 Å². The van der Waals surface area contributed by atoms with Gasteiger partial charge in [-0.15, -0.1) is 0 Å². The zero-order valence-corrected chi connectivity index (χ0v) is 23.5. The third-order valence-electron chi connectivity index (χ3n) is 8.39. The molecule has 0 aromatic heterocycles. The fourth-order valence-electron chi connectivity index (χ4n) is 6.43. The van der Waals surface area contributed by atoms with Crippen LogP contribution in [0.4, 0.5) is 17.6 Å². The molecule has 0 N–H and O–H groups in total. The molecule has 2 aliphatic rings. The molecule has 40 heavy (non-hydrogen) atoms. The predicted octanol–water partition coefficient (Wildman–Crippen LogP) is 5.54. The Bertz CT molecular complexity index is 1160. The summed E-state index contributed by atoms with van der Waals surface area (Å²) >= 11 is 0. The van der Waals surface area contributed by atoms with E-state index in [1.54, 1.807) is 36.4 Å². The smallest absolute Gasteiger partial charge is 0.342 e. The van der Waals surface area contributed by atoms with Gasteiger partial charge in [0, 0.05) is 37.0 Å². The van der Waals surface area contributed by atoms with E-state index in [-0.39, 0.29) is 24.4 Å². The van der Waals surface area contributed by atoms with E-state index >= 15 is 13.2 Å². The Balaban J connectivity index is 1.86. The van der Waals surface area contributed by atoms with Crippen LogP contribution in [0, 0.1) is 24.6 Å². The van der Waals surface area contributed by atoms with Gasteiger partial charge in [-0.1, -0.05) is 42.5 Å². The Hall–Kier alpha value is -2.78. The second-order valence-electron chi connectivity index (χ2n) is 11.4. The second kappa shape index (κ2) is 12.8. The van der Waals surface area contributed by atoms with Crippen molar-refractivity contribution in [1.29, 1.82) is 0 Å². The number of ketones is 1. The molecule has 2 aromatic carbocycles. The summed E-state index contributed by atoms with van der Waals surface area (Å²) in [6.07, 6.45) is -2.10. The number of unbranched alkanes of at least 4 members (excludes halogenated alkanes) is 1. The lowest BCUT2D eigenvalue weighted by molar-refractivity contribution is -0.214. The predicted molar refractivity (Wildman–Crippen MR) is 147 cm³/mol. The first-order valence-electron chi connectivity index (χ1n) is 14.1.